The van der Waals surface area contributed by atoms with Crippen LogP contribution in [0.1, 0.15) is 48.8 Å². The average Bonchev–Trinajstić information content (AvgIpc) is 3.54. The number of benzene rings is 1. The van der Waals surface area contributed by atoms with E-state index in [0.29, 0.717) is 12.0 Å². The van der Waals surface area contributed by atoms with Crippen molar-refractivity contribution in [2.75, 3.05) is 9.80 Å². The van der Waals surface area contributed by atoms with Gasteiger partial charge in [-0.1, -0.05) is 24.3 Å². The van der Waals surface area contributed by atoms with E-state index in [1.54, 1.807) is 18.2 Å². The van der Waals surface area contributed by atoms with Crippen LogP contribution < -0.4 is 15.1 Å². The van der Waals surface area contributed by atoms with Crippen LogP contribution in [0.3, 0.4) is 0 Å². The summed E-state index contributed by atoms with van der Waals surface area (Å²) in [6.45, 7) is 0. The van der Waals surface area contributed by atoms with Crippen molar-refractivity contribution in [1.29, 1.82) is 5.26 Å². The zero-order chi connectivity index (χ0) is 29.6. The van der Waals surface area contributed by atoms with Crippen LogP contribution in [0, 0.1) is 17.1 Å². The molecule has 2 aliphatic carbocycles. The zero-order valence-electron chi connectivity index (χ0n) is 22.3. The average molecular weight is 575 g/mol. The van der Waals surface area contributed by atoms with E-state index in [9.17, 15) is 32.8 Å². The van der Waals surface area contributed by atoms with Crippen LogP contribution in [0.15, 0.2) is 61.1 Å². The molecule has 1 aliphatic heterocycles. The highest BCUT2D eigenvalue weighted by molar-refractivity contribution is 6.12. The standard InChI is InChI=1S/C30H25F3N6O3/c31-20-12-22(17-35-16-20)39(27(41)24-5-6-26(40)38(24)25-11-18(15-34)8-10-36-25)30(9-7-19-3-1-2-4-23(19)30)28(42)37-21-13-29(32,33)14-21/h1-4,8,10-12,16-17,21,24H,5-7,9,13-14H2,(H,37,42)/t24-,30+/m0/s1. The Kier molecular flexibility index (Phi) is 6.68. The first-order valence-electron chi connectivity index (χ1n) is 13.5. The van der Waals surface area contributed by atoms with Gasteiger partial charge in [0.05, 0.1) is 29.7 Å². The van der Waals surface area contributed by atoms with Crippen molar-refractivity contribution < 1.29 is 27.6 Å². The molecule has 0 bridgehead atoms. The molecule has 3 aromatic rings. The lowest BCUT2D eigenvalue weighted by molar-refractivity contribution is -0.137. The minimum atomic E-state index is -2.89. The fourth-order valence-electron chi connectivity index (χ4n) is 6.26. The molecule has 1 saturated heterocycles. The predicted octanol–water partition coefficient (Wildman–Crippen LogP) is 3.77. The number of amides is 3. The fourth-order valence-corrected chi connectivity index (χ4v) is 6.26. The van der Waals surface area contributed by atoms with Crippen LogP contribution >= 0.6 is 0 Å². The molecule has 2 fully saturated rings. The normalized spacial score (nSPS) is 22.7. The van der Waals surface area contributed by atoms with Crippen molar-refractivity contribution in [3.63, 3.8) is 0 Å². The third-order valence-electron chi connectivity index (χ3n) is 8.19. The van der Waals surface area contributed by atoms with E-state index in [-0.39, 0.29) is 36.3 Å². The fraction of sp³-hybridized carbons (Fsp3) is 0.333. The number of aryl methyl sites for hydroxylation is 1. The molecule has 6 rings (SSSR count). The second-order valence-corrected chi connectivity index (χ2v) is 10.8. The molecule has 3 heterocycles. The van der Waals surface area contributed by atoms with Crippen molar-refractivity contribution in [3.8, 4) is 6.07 Å². The van der Waals surface area contributed by atoms with Gasteiger partial charge in [-0.3, -0.25) is 29.2 Å². The van der Waals surface area contributed by atoms with Gasteiger partial charge in [0.15, 0.2) is 5.54 Å². The molecule has 3 amide bonds. The summed E-state index contributed by atoms with van der Waals surface area (Å²) in [6.07, 6.45) is 3.05. The molecular formula is C30H25F3N6O3. The molecule has 1 aromatic carbocycles. The van der Waals surface area contributed by atoms with Crippen molar-refractivity contribution in [2.45, 2.75) is 62.1 Å². The SMILES string of the molecule is N#Cc1ccnc(N2C(=O)CC[C@H]2C(=O)N(c2cncc(F)c2)[C@]2(C(=O)NC3CC(F)(F)C3)CCc3ccccc32)c1. The third-order valence-corrected chi connectivity index (χ3v) is 8.19. The first-order valence-corrected chi connectivity index (χ1v) is 13.5. The number of halogens is 3. The molecule has 1 saturated carbocycles. The Morgan fingerprint density at radius 3 is 2.64 bits per heavy atom. The molecule has 1 N–H and O–H groups in total. The number of anilines is 2. The molecule has 0 unspecified atom stereocenters. The minimum absolute atomic E-state index is 0.00293. The molecule has 42 heavy (non-hydrogen) atoms. The number of fused-ring (bicyclic) bond motifs is 1. The molecule has 3 aliphatic rings. The van der Waals surface area contributed by atoms with E-state index >= 15 is 0 Å². The summed E-state index contributed by atoms with van der Waals surface area (Å²) < 4.78 is 42.1. The Balaban J connectivity index is 1.49. The number of aromatic nitrogens is 2. The lowest BCUT2D eigenvalue weighted by atomic mass is 9.83. The van der Waals surface area contributed by atoms with Gasteiger partial charge in [-0.15, -0.1) is 0 Å². The van der Waals surface area contributed by atoms with Gasteiger partial charge in [0, 0.05) is 37.6 Å². The van der Waals surface area contributed by atoms with Gasteiger partial charge in [0.2, 0.25) is 5.91 Å². The Morgan fingerprint density at radius 2 is 1.90 bits per heavy atom. The number of hydrogen-bond donors (Lipinski definition) is 1. The van der Waals surface area contributed by atoms with Gasteiger partial charge < -0.3 is 5.32 Å². The summed E-state index contributed by atoms with van der Waals surface area (Å²) in [5, 5.41) is 12.1. The van der Waals surface area contributed by atoms with Crippen molar-refractivity contribution in [2.24, 2.45) is 0 Å². The monoisotopic (exact) mass is 574 g/mol. The number of pyridine rings is 2. The summed E-state index contributed by atoms with van der Waals surface area (Å²) in [4.78, 5) is 52.6. The summed E-state index contributed by atoms with van der Waals surface area (Å²) in [5.74, 6) is -5.33. The Bertz CT molecular complexity index is 1630. The smallest absolute Gasteiger partial charge is 0.252 e. The number of hydrogen-bond acceptors (Lipinski definition) is 6. The molecule has 12 heteroatoms. The van der Waals surface area contributed by atoms with Gasteiger partial charge in [-0.25, -0.2) is 18.2 Å². The maximum Gasteiger partial charge on any atom is 0.252 e. The predicted molar refractivity (Wildman–Crippen MR) is 144 cm³/mol. The van der Waals surface area contributed by atoms with E-state index < -0.39 is 59.9 Å². The van der Waals surface area contributed by atoms with E-state index in [1.165, 1.54) is 34.3 Å². The first-order chi connectivity index (χ1) is 20.1. The Morgan fingerprint density at radius 1 is 1.12 bits per heavy atom. The largest absolute Gasteiger partial charge is 0.351 e. The maximum atomic E-state index is 14.7. The van der Waals surface area contributed by atoms with E-state index in [1.807, 2.05) is 12.1 Å². The highest BCUT2D eigenvalue weighted by Gasteiger charge is 2.57. The summed E-state index contributed by atoms with van der Waals surface area (Å²) >= 11 is 0. The quantitative estimate of drug-likeness (QED) is 0.479. The number of alkyl halides is 2. The molecule has 214 valence electrons. The third kappa shape index (κ3) is 4.55. The molecule has 2 aromatic heterocycles. The van der Waals surface area contributed by atoms with Crippen LogP contribution in [0.5, 0.6) is 0 Å². The van der Waals surface area contributed by atoms with Gasteiger partial charge in [0.25, 0.3) is 17.7 Å². The summed E-state index contributed by atoms with van der Waals surface area (Å²) in [6, 6.07) is 11.0. The number of rotatable bonds is 6. The highest BCUT2D eigenvalue weighted by Crippen LogP contribution is 2.47. The van der Waals surface area contributed by atoms with Gasteiger partial charge in [-0.05, 0) is 42.5 Å². The highest BCUT2D eigenvalue weighted by atomic mass is 19.3. The van der Waals surface area contributed by atoms with Gasteiger partial charge in [-0.2, -0.15) is 5.26 Å². The summed E-state index contributed by atoms with van der Waals surface area (Å²) in [5.41, 5.74) is -0.283. The first kappa shape index (κ1) is 27.4. The van der Waals surface area contributed by atoms with E-state index in [2.05, 4.69) is 15.3 Å². The number of carbonyl (C=O) groups is 3. The van der Waals surface area contributed by atoms with Crippen LogP contribution in [0.4, 0.5) is 24.7 Å². The van der Waals surface area contributed by atoms with Crippen molar-refractivity contribution >= 4 is 29.2 Å². The van der Waals surface area contributed by atoms with Crippen molar-refractivity contribution in [3.05, 3.63) is 83.6 Å². The van der Waals surface area contributed by atoms with Gasteiger partial charge >= 0.3 is 0 Å². The second kappa shape index (κ2) is 10.2. The van der Waals surface area contributed by atoms with Crippen LogP contribution in [0.2, 0.25) is 0 Å². The van der Waals surface area contributed by atoms with Crippen LogP contribution in [-0.2, 0) is 26.3 Å². The van der Waals surface area contributed by atoms with E-state index in [0.717, 1.165) is 17.8 Å². The minimum Gasteiger partial charge on any atom is -0.351 e. The molecule has 9 nitrogen and oxygen atoms in total. The van der Waals surface area contributed by atoms with Crippen LogP contribution in [0.25, 0.3) is 0 Å². The molecule has 2 atom stereocenters. The van der Waals surface area contributed by atoms with Gasteiger partial charge in [0.1, 0.15) is 17.7 Å². The molecule has 0 radical (unpaired) electrons. The lowest BCUT2D eigenvalue weighted by Crippen LogP contribution is -2.64. The molecular weight excluding hydrogens is 549 g/mol. The van der Waals surface area contributed by atoms with Crippen LogP contribution in [-0.4, -0.2) is 45.7 Å². The Hall–Kier alpha value is -4.79. The van der Waals surface area contributed by atoms with E-state index in [4.69, 9.17) is 0 Å². The maximum absolute atomic E-state index is 14.7. The number of nitrogens with zero attached hydrogens (tertiary/aromatic N) is 5. The van der Waals surface area contributed by atoms with Crippen molar-refractivity contribution in [1.82, 2.24) is 15.3 Å². The lowest BCUT2D eigenvalue weighted by Gasteiger charge is -2.44. The Labute approximate surface area is 239 Å². The zero-order valence-corrected chi connectivity index (χ0v) is 22.3. The summed E-state index contributed by atoms with van der Waals surface area (Å²) in [7, 11) is 0. The number of nitrogens with one attached hydrogen (secondary N) is 1. The molecule has 0 spiro atoms. The topological polar surface area (TPSA) is 119 Å². The number of nitriles is 1. The second-order valence-electron chi connectivity index (χ2n) is 10.8. The number of carbonyl (C=O) groups excluding carboxylic acids is 3.